The number of aliphatic carboxylic acids is 1. The van der Waals surface area contributed by atoms with Gasteiger partial charge in [-0.2, -0.15) is 0 Å². The van der Waals surface area contributed by atoms with Gasteiger partial charge in [0.1, 0.15) is 5.92 Å². The Bertz CT molecular complexity index is 500. The molecule has 1 aromatic rings. The van der Waals surface area contributed by atoms with Crippen molar-refractivity contribution in [2.24, 2.45) is 11.7 Å². The molecule has 1 aliphatic heterocycles. The molecule has 0 spiro atoms. The van der Waals surface area contributed by atoms with E-state index in [1.165, 1.54) is 0 Å². The van der Waals surface area contributed by atoms with Gasteiger partial charge in [-0.25, -0.2) is 4.79 Å². The standard InChI is InChI=1S/C12H12N2O4/c13-12(18)14-6-8(7-4-2-1-3-5-7)9(10(14)15)11(16)17/h1-5,8-9H,6H2,(H2,13,18)(H,16,17). The van der Waals surface area contributed by atoms with Crippen molar-refractivity contribution in [3.8, 4) is 0 Å². The van der Waals surface area contributed by atoms with Gasteiger partial charge in [-0.1, -0.05) is 30.3 Å². The number of nitrogens with two attached hydrogens (primary N) is 1. The Balaban J connectivity index is 2.38. The molecule has 2 rings (SSSR count). The second kappa shape index (κ2) is 4.48. The lowest BCUT2D eigenvalue weighted by atomic mass is 9.89. The highest BCUT2D eigenvalue weighted by molar-refractivity contribution is 6.06. The monoisotopic (exact) mass is 248 g/mol. The van der Waals surface area contributed by atoms with E-state index in [2.05, 4.69) is 0 Å². The summed E-state index contributed by atoms with van der Waals surface area (Å²) < 4.78 is 0. The number of primary amides is 1. The number of hydrogen-bond donors (Lipinski definition) is 2. The third-order valence-corrected chi connectivity index (χ3v) is 3.07. The van der Waals surface area contributed by atoms with Crippen LogP contribution in [0.3, 0.4) is 0 Å². The third-order valence-electron chi connectivity index (χ3n) is 3.07. The minimum absolute atomic E-state index is 0.00907. The van der Waals surface area contributed by atoms with Crippen molar-refractivity contribution in [2.45, 2.75) is 5.92 Å². The molecular weight excluding hydrogens is 236 g/mol. The van der Waals surface area contributed by atoms with Crippen LogP contribution in [0.25, 0.3) is 0 Å². The maximum Gasteiger partial charge on any atom is 0.321 e. The molecule has 1 aliphatic rings. The van der Waals surface area contributed by atoms with Gasteiger partial charge in [-0.3, -0.25) is 14.5 Å². The summed E-state index contributed by atoms with van der Waals surface area (Å²) in [5, 5.41) is 9.12. The van der Waals surface area contributed by atoms with Crippen molar-refractivity contribution in [2.75, 3.05) is 6.54 Å². The number of amides is 3. The average Bonchev–Trinajstić information content (AvgIpc) is 2.68. The summed E-state index contributed by atoms with van der Waals surface area (Å²) >= 11 is 0. The van der Waals surface area contributed by atoms with Crippen LogP contribution in [0.4, 0.5) is 4.79 Å². The lowest BCUT2D eigenvalue weighted by Gasteiger charge is -2.12. The molecule has 3 amide bonds. The fraction of sp³-hybridized carbons (Fsp3) is 0.250. The largest absolute Gasteiger partial charge is 0.481 e. The summed E-state index contributed by atoms with van der Waals surface area (Å²) in [4.78, 5) is 34.9. The normalized spacial score (nSPS) is 23.1. The number of carbonyl (C=O) groups excluding carboxylic acids is 2. The summed E-state index contributed by atoms with van der Waals surface area (Å²) in [6.07, 6.45) is 0. The zero-order valence-corrected chi connectivity index (χ0v) is 9.45. The number of benzene rings is 1. The van der Waals surface area contributed by atoms with Crippen molar-refractivity contribution in [3.05, 3.63) is 35.9 Å². The first kappa shape index (κ1) is 12.1. The minimum atomic E-state index is -1.25. The molecule has 1 saturated heterocycles. The van der Waals surface area contributed by atoms with Crippen molar-refractivity contribution < 1.29 is 19.5 Å². The Morgan fingerprint density at radius 1 is 1.28 bits per heavy atom. The van der Waals surface area contributed by atoms with Crippen molar-refractivity contribution >= 4 is 17.9 Å². The zero-order chi connectivity index (χ0) is 13.3. The molecule has 1 heterocycles. The Labute approximate surface area is 103 Å². The lowest BCUT2D eigenvalue weighted by molar-refractivity contribution is -0.147. The highest BCUT2D eigenvalue weighted by atomic mass is 16.4. The van der Waals surface area contributed by atoms with Crippen molar-refractivity contribution in [1.82, 2.24) is 4.90 Å². The summed E-state index contributed by atoms with van der Waals surface area (Å²) in [5.41, 5.74) is 5.77. The molecule has 1 aromatic carbocycles. The number of carbonyl (C=O) groups is 3. The Morgan fingerprint density at radius 3 is 2.39 bits per heavy atom. The molecule has 94 valence electrons. The molecule has 6 nitrogen and oxygen atoms in total. The number of carboxylic acids is 1. The smallest absolute Gasteiger partial charge is 0.321 e. The predicted molar refractivity (Wildman–Crippen MR) is 61.6 cm³/mol. The molecule has 3 N–H and O–H groups in total. The van der Waals surface area contributed by atoms with Crippen molar-refractivity contribution in [3.63, 3.8) is 0 Å². The van der Waals surface area contributed by atoms with E-state index in [-0.39, 0.29) is 6.54 Å². The van der Waals surface area contributed by atoms with Gasteiger partial charge in [-0.05, 0) is 5.56 Å². The predicted octanol–water partition coefficient (Wildman–Crippen LogP) is 0.392. The van der Waals surface area contributed by atoms with E-state index in [0.717, 1.165) is 4.90 Å². The first-order valence-corrected chi connectivity index (χ1v) is 5.41. The number of imide groups is 1. The first-order chi connectivity index (χ1) is 8.52. The quantitative estimate of drug-likeness (QED) is 0.739. The van der Waals surface area contributed by atoms with Crippen molar-refractivity contribution in [1.29, 1.82) is 0 Å². The average molecular weight is 248 g/mol. The SMILES string of the molecule is NC(=O)N1CC(c2ccccc2)C(C(=O)O)C1=O. The number of urea groups is 1. The molecule has 2 unspecified atom stereocenters. The summed E-state index contributed by atoms with van der Waals surface area (Å²) in [6.45, 7) is 0.00907. The van der Waals surface area contributed by atoms with Crippen LogP contribution >= 0.6 is 0 Å². The van der Waals surface area contributed by atoms with E-state index in [1.54, 1.807) is 30.3 Å². The van der Waals surface area contributed by atoms with Crippen LogP contribution in [0.1, 0.15) is 11.5 Å². The number of nitrogens with zero attached hydrogens (tertiary/aromatic N) is 1. The maximum absolute atomic E-state index is 11.8. The number of likely N-dealkylation sites (tertiary alicyclic amines) is 1. The van der Waals surface area contributed by atoms with Gasteiger partial charge in [0, 0.05) is 12.5 Å². The lowest BCUT2D eigenvalue weighted by Crippen LogP contribution is -2.38. The Hall–Kier alpha value is -2.37. The molecule has 0 radical (unpaired) electrons. The molecule has 18 heavy (non-hydrogen) atoms. The van der Waals surface area contributed by atoms with E-state index in [4.69, 9.17) is 10.8 Å². The van der Waals surface area contributed by atoms with E-state index in [9.17, 15) is 14.4 Å². The fourth-order valence-corrected chi connectivity index (χ4v) is 2.21. The van der Waals surface area contributed by atoms with Crippen LogP contribution < -0.4 is 5.73 Å². The number of rotatable bonds is 2. The number of hydrogen-bond acceptors (Lipinski definition) is 3. The van der Waals surface area contributed by atoms with Crippen LogP contribution in [0, 0.1) is 5.92 Å². The topological polar surface area (TPSA) is 101 Å². The molecule has 0 saturated carbocycles. The van der Waals surface area contributed by atoms with Gasteiger partial charge >= 0.3 is 12.0 Å². The van der Waals surface area contributed by atoms with Gasteiger partial charge < -0.3 is 10.8 Å². The van der Waals surface area contributed by atoms with Gasteiger partial charge in [0.15, 0.2) is 0 Å². The van der Waals surface area contributed by atoms with Crippen LogP contribution in [0.2, 0.25) is 0 Å². The second-order valence-corrected chi connectivity index (χ2v) is 4.12. The highest BCUT2D eigenvalue weighted by Gasteiger charge is 2.47. The minimum Gasteiger partial charge on any atom is -0.481 e. The molecule has 0 bridgehead atoms. The third kappa shape index (κ3) is 1.92. The number of carboxylic acid groups (broad SMARTS) is 1. The maximum atomic E-state index is 11.8. The Morgan fingerprint density at radius 2 is 1.89 bits per heavy atom. The van der Waals surface area contributed by atoms with Crippen LogP contribution in [0.5, 0.6) is 0 Å². The van der Waals surface area contributed by atoms with Gasteiger partial charge in [-0.15, -0.1) is 0 Å². The molecule has 6 heteroatoms. The zero-order valence-electron chi connectivity index (χ0n) is 9.45. The van der Waals surface area contributed by atoms with Crippen LogP contribution in [-0.4, -0.2) is 34.5 Å². The summed E-state index contributed by atoms with van der Waals surface area (Å²) in [5.74, 6) is -3.79. The summed E-state index contributed by atoms with van der Waals surface area (Å²) in [7, 11) is 0. The van der Waals surface area contributed by atoms with Crippen LogP contribution in [0.15, 0.2) is 30.3 Å². The summed E-state index contributed by atoms with van der Waals surface area (Å²) in [6, 6.07) is 7.86. The Kier molecular flexibility index (Phi) is 3.01. The second-order valence-electron chi connectivity index (χ2n) is 4.12. The van der Waals surface area contributed by atoms with Gasteiger partial charge in [0.05, 0.1) is 0 Å². The molecule has 0 aromatic heterocycles. The van der Waals surface area contributed by atoms with E-state index in [1.807, 2.05) is 0 Å². The molecule has 2 atom stereocenters. The van der Waals surface area contributed by atoms with E-state index < -0.39 is 29.7 Å². The van der Waals surface area contributed by atoms with Crippen LogP contribution in [-0.2, 0) is 9.59 Å². The van der Waals surface area contributed by atoms with Gasteiger partial charge in [0.2, 0.25) is 5.91 Å². The highest BCUT2D eigenvalue weighted by Crippen LogP contribution is 2.33. The first-order valence-electron chi connectivity index (χ1n) is 5.41. The molecule has 1 fully saturated rings. The molecular formula is C12H12N2O4. The van der Waals surface area contributed by atoms with Gasteiger partial charge in [0.25, 0.3) is 0 Å². The van der Waals surface area contributed by atoms with E-state index in [0.29, 0.717) is 5.56 Å². The molecule has 0 aliphatic carbocycles. The fourth-order valence-electron chi connectivity index (χ4n) is 2.21. The van der Waals surface area contributed by atoms with E-state index >= 15 is 0 Å².